The van der Waals surface area contributed by atoms with E-state index in [1.807, 2.05) is 0 Å². The fourth-order valence-corrected chi connectivity index (χ4v) is 2.36. The van der Waals surface area contributed by atoms with E-state index in [4.69, 9.17) is 11.6 Å². The molecule has 0 bridgehead atoms. The number of likely N-dealkylation sites (tertiary alicyclic amines) is 1. The minimum atomic E-state index is -2.84. The molecule has 0 N–H and O–H groups in total. The average Bonchev–Trinajstić information content (AvgIpc) is 2.70. The standard InChI is InChI=1S/C13H14ClF2NO2/c14-6-10-5-12(18)17(8-10)7-9-2-1-3-11(4-9)19-13(15)16/h1-4,10,13H,5-8H2. The topological polar surface area (TPSA) is 29.5 Å². The zero-order valence-electron chi connectivity index (χ0n) is 10.2. The second-order valence-electron chi connectivity index (χ2n) is 4.52. The molecule has 6 heteroatoms. The Bertz CT molecular complexity index is 456. The van der Waals surface area contributed by atoms with Crippen LogP contribution in [0, 0.1) is 5.92 Å². The number of carbonyl (C=O) groups is 1. The highest BCUT2D eigenvalue weighted by atomic mass is 35.5. The van der Waals surface area contributed by atoms with Crippen molar-refractivity contribution in [1.82, 2.24) is 4.90 Å². The van der Waals surface area contributed by atoms with Crippen molar-refractivity contribution in [2.75, 3.05) is 12.4 Å². The quantitative estimate of drug-likeness (QED) is 0.780. The summed E-state index contributed by atoms with van der Waals surface area (Å²) in [4.78, 5) is 13.4. The first-order chi connectivity index (χ1) is 9.08. The van der Waals surface area contributed by atoms with Gasteiger partial charge in [0.1, 0.15) is 5.75 Å². The highest BCUT2D eigenvalue weighted by Crippen LogP contribution is 2.23. The molecule has 2 rings (SSSR count). The molecule has 0 aliphatic carbocycles. The van der Waals surface area contributed by atoms with Gasteiger partial charge in [0.2, 0.25) is 5.91 Å². The van der Waals surface area contributed by atoms with E-state index in [2.05, 4.69) is 4.74 Å². The predicted octanol–water partition coefficient (Wildman–Crippen LogP) is 2.88. The van der Waals surface area contributed by atoms with Crippen LogP contribution in [-0.4, -0.2) is 29.8 Å². The fourth-order valence-electron chi connectivity index (χ4n) is 2.15. The largest absolute Gasteiger partial charge is 0.435 e. The van der Waals surface area contributed by atoms with Crippen LogP contribution < -0.4 is 4.74 Å². The Balaban J connectivity index is 2.01. The molecule has 1 fully saturated rings. The number of nitrogens with zero attached hydrogens (tertiary/aromatic N) is 1. The third-order valence-electron chi connectivity index (χ3n) is 3.01. The maximum absolute atomic E-state index is 12.1. The van der Waals surface area contributed by atoms with Gasteiger partial charge in [-0.05, 0) is 23.6 Å². The summed E-state index contributed by atoms with van der Waals surface area (Å²) in [5.41, 5.74) is 0.765. The van der Waals surface area contributed by atoms with Gasteiger partial charge >= 0.3 is 6.61 Å². The van der Waals surface area contributed by atoms with Crippen LogP contribution in [0.15, 0.2) is 24.3 Å². The van der Waals surface area contributed by atoms with E-state index in [0.29, 0.717) is 25.4 Å². The van der Waals surface area contributed by atoms with Gasteiger partial charge in [0.15, 0.2) is 0 Å². The van der Waals surface area contributed by atoms with Crippen molar-refractivity contribution in [3.8, 4) is 5.75 Å². The number of benzene rings is 1. The Morgan fingerprint density at radius 2 is 2.26 bits per heavy atom. The summed E-state index contributed by atoms with van der Waals surface area (Å²) in [5.74, 6) is 0.782. The van der Waals surface area contributed by atoms with Gasteiger partial charge in [0, 0.05) is 25.4 Å². The van der Waals surface area contributed by atoms with Gasteiger partial charge in [0.25, 0.3) is 0 Å². The molecular weight excluding hydrogens is 276 g/mol. The highest BCUT2D eigenvalue weighted by molar-refractivity contribution is 6.18. The molecule has 1 atom stereocenters. The van der Waals surface area contributed by atoms with E-state index in [9.17, 15) is 13.6 Å². The molecule has 1 aromatic rings. The van der Waals surface area contributed by atoms with E-state index >= 15 is 0 Å². The minimum absolute atomic E-state index is 0.0471. The molecule has 1 saturated heterocycles. The molecule has 19 heavy (non-hydrogen) atoms. The average molecular weight is 290 g/mol. The second kappa shape index (κ2) is 6.19. The molecule has 1 aliphatic heterocycles. The van der Waals surface area contributed by atoms with Gasteiger partial charge in [-0.15, -0.1) is 11.6 Å². The van der Waals surface area contributed by atoms with Crippen molar-refractivity contribution >= 4 is 17.5 Å². The Morgan fingerprint density at radius 1 is 1.47 bits per heavy atom. The van der Waals surface area contributed by atoms with Crippen molar-refractivity contribution in [1.29, 1.82) is 0 Å². The number of hydrogen-bond donors (Lipinski definition) is 0. The first-order valence-corrected chi connectivity index (χ1v) is 6.49. The lowest BCUT2D eigenvalue weighted by Gasteiger charge is -2.17. The number of halogens is 3. The van der Waals surface area contributed by atoms with E-state index in [1.54, 1.807) is 17.0 Å². The number of amides is 1. The van der Waals surface area contributed by atoms with Crippen LogP contribution in [0.5, 0.6) is 5.75 Å². The van der Waals surface area contributed by atoms with Crippen molar-refractivity contribution in [3.63, 3.8) is 0 Å². The monoisotopic (exact) mass is 289 g/mol. The molecule has 104 valence electrons. The summed E-state index contributed by atoms with van der Waals surface area (Å²) in [5, 5.41) is 0. The number of hydrogen-bond acceptors (Lipinski definition) is 2. The molecule has 1 heterocycles. The van der Waals surface area contributed by atoms with Gasteiger partial charge in [-0.25, -0.2) is 0 Å². The molecule has 3 nitrogen and oxygen atoms in total. The molecule has 1 unspecified atom stereocenters. The van der Waals surface area contributed by atoms with Gasteiger partial charge in [-0.1, -0.05) is 12.1 Å². The molecule has 0 radical (unpaired) electrons. The summed E-state index contributed by atoms with van der Waals surface area (Å²) >= 11 is 5.74. The maximum Gasteiger partial charge on any atom is 0.387 e. The molecular formula is C13H14ClF2NO2. The maximum atomic E-state index is 12.1. The van der Waals surface area contributed by atoms with Crippen LogP contribution in [0.4, 0.5) is 8.78 Å². The van der Waals surface area contributed by atoms with Crippen molar-refractivity contribution in [3.05, 3.63) is 29.8 Å². The lowest BCUT2D eigenvalue weighted by molar-refractivity contribution is -0.128. The first-order valence-electron chi connectivity index (χ1n) is 5.96. The second-order valence-corrected chi connectivity index (χ2v) is 4.83. The number of rotatable bonds is 5. The Hall–Kier alpha value is -1.36. The third-order valence-corrected chi connectivity index (χ3v) is 3.45. The van der Waals surface area contributed by atoms with Crippen molar-refractivity contribution in [2.24, 2.45) is 5.92 Å². The smallest absolute Gasteiger partial charge is 0.387 e. The summed E-state index contributed by atoms with van der Waals surface area (Å²) in [7, 11) is 0. The van der Waals surface area contributed by atoms with Crippen molar-refractivity contribution in [2.45, 2.75) is 19.6 Å². The summed E-state index contributed by atoms with van der Waals surface area (Å²) in [6.45, 7) is -1.83. The van der Waals surface area contributed by atoms with Gasteiger partial charge < -0.3 is 9.64 Å². The summed E-state index contributed by atoms with van der Waals surface area (Å²) in [6.07, 6.45) is 0.455. The SMILES string of the molecule is O=C1CC(CCl)CN1Cc1cccc(OC(F)F)c1. The fraction of sp³-hybridized carbons (Fsp3) is 0.462. The van der Waals surface area contributed by atoms with Crippen molar-refractivity contribution < 1.29 is 18.3 Å². The summed E-state index contributed by atoms with van der Waals surface area (Å²) in [6, 6.07) is 6.39. The Morgan fingerprint density at radius 3 is 2.89 bits per heavy atom. The Kier molecular flexibility index (Phi) is 4.58. The predicted molar refractivity (Wildman–Crippen MR) is 67.3 cm³/mol. The zero-order chi connectivity index (χ0) is 13.8. The van der Waals surface area contributed by atoms with Crippen LogP contribution in [0.2, 0.25) is 0 Å². The van der Waals surface area contributed by atoms with Crippen LogP contribution in [0.1, 0.15) is 12.0 Å². The lowest BCUT2D eigenvalue weighted by Crippen LogP contribution is -2.24. The van der Waals surface area contributed by atoms with Gasteiger partial charge in [-0.3, -0.25) is 4.79 Å². The van der Waals surface area contributed by atoms with Gasteiger partial charge in [-0.2, -0.15) is 8.78 Å². The molecule has 0 spiro atoms. The number of carbonyl (C=O) groups excluding carboxylic acids is 1. The minimum Gasteiger partial charge on any atom is -0.435 e. The van der Waals surface area contributed by atoms with Crippen LogP contribution >= 0.6 is 11.6 Å². The summed E-state index contributed by atoms with van der Waals surface area (Å²) < 4.78 is 28.6. The Labute approximate surface area is 115 Å². The van der Waals surface area contributed by atoms with E-state index in [0.717, 1.165) is 5.56 Å². The normalized spacial score (nSPS) is 19.3. The van der Waals surface area contributed by atoms with E-state index < -0.39 is 6.61 Å². The molecule has 0 aromatic heterocycles. The van der Waals surface area contributed by atoms with Gasteiger partial charge in [0.05, 0.1) is 0 Å². The van der Waals surface area contributed by atoms with E-state index in [-0.39, 0.29) is 17.6 Å². The molecule has 1 aliphatic rings. The molecule has 1 amide bonds. The molecule has 1 aromatic carbocycles. The first kappa shape index (κ1) is 14.1. The van der Waals surface area contributed by atoms with Crippen LogP contribution in [-0.2, 0) is 11.3 Å². The lowest BCUT2D eigenvalue weighted by atomic mass is 10.1. The number of alkyl halides is 3. The third kappa shape index (κ3) is 3.80. The van der Waals surface area contributed by atoms with E-state index in [1.165, 1.54) is 12.1 Å². The van der Waals surface area contributed by atoms with Crippen LogP contribution in [0.25, 0.3) is 0 Å². The van der Waals surface area contributed by atoms with Crippen LogP contribution in [0.3, 0.4) is 0 Å². The number of ether oxygens (including phenoxy) is 1. The highest BCUT2D eigenvalue weighted by Gasteiger charge is 2.28. The zero-order valence-corrected chi connectivity index (χ0v) is 10.9. The molecule has 0 saturated carbocycles.